The molecule has 6 N–H and O–H groups in total. The van der Waals surface area contributed by atoms with E-state index in [2.05, 4.69) is 25.0 Å². The number of esters is 1. The molecular weight excluding hydrogens is 496 g/mol. The molecule has 1 heterocycles. The largest absolute Gasteiger partial charge is 0.426 e. The molecule has 0 bridgehead atoms. The third-order valence-corrected chi connectivity index (χ3v) is 5.73. The fourth-order valence-corrected chi connectivity index (χ4v) is 3.58. The van der Waals surface area contributed by atoms with Crippen LogP contribution in [0.3, 0.4) is 0 Å². The number of ether oxygens (including phenoxy) is 2. The standard InChI is InChI=1S/C25H30N6O7/c1-4-27-23(34)16-6-5-14(2)19(9-16)30-22(29-12-26)21-15(3)18(10-28-21)24(35)31(17-7-8-17)25(36)38-13-37-20(33)11-32/h5-6,9-10,12,17,28,32H,4,7-8,11,13H2,1-3H3,(H,27,34)(H2,26,29,30)/p+1. The Bertz CT molecular complexity index is 1280. The molecular formula is C25H31N6O7+. The highest BCUT2D eigenvalue weighted by atomic mass is 16.7. The van der Waals surface area contributed by atoms with Crippen LogP contribution in [0.4, 0.5) is 10.5 Å². The smallest absolute Gasteiger partial charge is 0.419 e. The van der Waals surface area contributed by atoms with Crippen LogP contribution < -0.4 is 16.0 Å². The average molecular weight is 528 g/mol. The zero-order chi connectivity index (χ0) is 27.8. The average Bonchev–Trinajstić information content (AvgIpc) is 3.65. The van der Waals surface area contributed by atoms with Gasteiger partial charge in [0, 0.05) is 24.3 Å². The van der Waals surface area contributed by atoms with Crippen LogP contribution in [0, 0.1) is 13.8 Å². The van der Waals surface area contributed by atoms with Gasteiger partial charge in [-0.05, 0) is 56.9 Å². The molecule has 0 aliphatic heterocycles. The molecule has 1 aromatic carbocycles. The van der Waals surface area contributed by atoms with Gasteiger partial charge in [-0.25, -0.2) is 19.5 Å². The number of imide groups is 1. The van der Waals surface area contributed by atoms with Crippen molar-refractivity contribution in [2.24, 2.45) is 10.7 Å². The van der Waals surface area contributed by atoms with Gasteiger partial charge in [0.05, 0.1) is 5.56 Å². The minimum atomic E-state index is -0.967. The third-order valence-electron chi connectivity index (χ3n) is 5.73. The van der Waals surface area contributed by atoms with Gasteiger partial charge in [-0.2, -0.15) is 0 Å². The monoisotopic (exact) mass is 527 g/mol. The lowest BCUT2D eigenvalue weighted by Crippen LogP contribution is -2.75. The topological polar surface area (TPSA) is 190 Å². The van der Waals surface area contributed by atoms with Crippen LogP contribution in [0.5, 0.6) is 0 Å². The number of aromatic nitrogens is 1. The minimum absolute atomic E-state index is 0.204. The van der Waals surface area contributed by atoms with Crippen molar-refractivity contribution >= 4 is 41.7 Å². The molecule has 2 aromatic rings. The highest BCUT2D eigenvalue weighted by Crippen LogP contribution is 2.30. The number of aromatic amines is 1. The maximum absolute atomic E-state index is 13.3. The van der Waals surface area contributed by atoms with Crippen LogP contribution in [0.15, 0.2) is 29.4 Å². The van der Waals surface area contributed by atoms with Crippen molar-refractivity contribution in [3.05, 3.63) is 52.3 Å². The number of carbonyl (C=O) groups excluding carboxylic acids is 4. The number of aryl methyl sites for hydroxylation is 1. The molecule has 0 unspecified atom stereocenters. The number of nitrogens with one attached hydrogen (secondary N) is 3. The van der Waals surface area contributed by atoms with E-state index in [4.69, 9.17) is 15.6 Å². The van der Waals surface area contributed by atoms with E-state index in [0.717, 1.165) is 10.5 Å². The summed E-state index contributed by atoms with van der Waals surface area (Å²) in [5, 5.41) is 11.4. The van der Waals surface area contributed by atoms with E-state index in [1.807, 2.05) is 13.8 Å². The van der Waals surface area contributed by atoms with Crippen molar-refractivity contribution in [2.75, 3.05) is 19.9 Å². The lowest BCUT2D eigenvalue weighted by molar-refractivity contribution is -0.309. The Morgan fingerprint density at radius 1 is 1.26 bits per heavy atom. The maximum atomic E-state index is 13.3. The van der Waals surface area contributed by atoms with E-state index in [1.54, 1.807) is 25.1 Å². The first-order chi connectivity index (χ1) is 18.2. The highest BCUT2D eigenvalue weighted by molar-refractivity contribution is 6.07. The van der Waals surface area contributed by atoms with E-state index >= 15 is 0 Å². The van der Waals surface area contributed by atoms with Crippen LogP contribution in [0.25, 0.3) is 0 Å². The molecule has 1 aliphatic carbocycles. The number of aliphatic hydroxyl groups excluding tert-OH is 1. The van der Waals surface area contributed by atoms with E-state index in [0.29, 0.717) is 41.9 Å². The van der Waals surface area contributed by atoms with Crippen LogP contribution in [0.2, 0.25) is 0 Å². The molecule has 3 rings (SSSR count). The van der Waals surface area contributed by atoms with Gasteiger partial charge in [-0.3, -0.25) is 9.59 Å². The van der Waals surface area contributed by atoms with E-state index in [-0.39, 0.29) is 23.3 Å². The first-order valence-electron chi connectivity index (χ1n) is 11.9. The Kier molecular flexibility index (Phi) is 9.33. The number of carbonyl (C=O) groups is 4. The number of nitrogens with zero attached hydrogens (tertiary/aromatic N) is 2. The van der Waals surface area contributed by atoms with Crippen molar-refractivity contribution in [2.45, 2.75) is 39.7 Å². The number of aliphatic hydroxyl groups is 1. The van der Waals surface area contributed by atoms with Crippen molar-refractivity contribution in [3.8, 4) is 0 Å². The summed E-state index contributed by atoms with van der Waals surface area (Å²) in [4.78, 5) is 60.8. The summed E-state index contributed by atoms with van der Waals surface area (Å²) >= 11 is 0. The molecule has 0 radical (unpaired) electrons. The minimum Gasteiger partial charge on any atom is -0.426 e. The maximum Gasteiger partial charge on any atom is 0.419 e. The molecule has 13 nitrogen and oxygen atoms in total. The third kappa shape index (κ3) is 6.62. The molecule has 202 valence electrons. The Labute approximate surface area is 218 Å². The summed E-state index contributed by atoms with van der Waals surface area (Å²) in [5.74, 6) is -1.50. The van der Waals surface area contributed by atoms with Crippen LogP contribution >= 0.6 is 0 Å². The van der Waals surface area contributed by atoms with Gasteiger partial charge < -0.3 is 30.6 Å². The van der Waals surface area contributed by atoms with Crippen LogP contribution in [-0.4, -0.2) is 77.0 Å². The quantitative estimate of drug-likeness (QED) is 0.128. The summed E-state index contributed by atoms with van der Waals surface area (Å²) in [6.45, 7) is 4.25. The number of hydrogen-bond acceptors (Lipinski definition) is 8. The SMILES string of the molecule is CCNC(=O)c1ccc(C)c(N=C([NH+]=CN)c2[nH]cc(C(=O)N(C(=O)OCOC(=O)CO)C3CC3)c2C)c1. The second-order valence-corrected chi connectivity index (χ2v) is 8.44. The normalized spacial score (nSPS) is 13.3. The second-order valence-electron chi connectivity index (χ2n) is 8.44. The molecule has 1 aliphatic rings. The van der Waals surface area contributed by atoms with Gasteiger partial charge in [0.2, 0.25) is 6.79 Å². The molecule has 1 saturated carbocycles. The summed E-state index contributed by atoms with van der Waals surface area (Å²) in [7, 11) is 0. The molecule has 1 aromatic heterocycles. The molecule has 1 fully saturated rings. The Hall–Kier alpha value is -4.52. The number of benzene rings is 1. The summed E-state index contributed by atoms with van der Waals surface area (Å²) in [5.41, 5.74) is 8.52. The Morgan fingerprint density at radius 2 is 2.00 bits per heavy atom. The number of hydrogen-bond donors (Lipinski definition) is 5. The van der Waals surface area contributed by atoms with Crippen molar-refractivity contribution in [3.63, 3.8) is 0 Å². The number of aliphatic imine (C=N–C) groups is 1. The van der Waals surface area contributed by atoms with E-state index in [9.17, 15) is 19.2 Å². The summed E-state index contributed by atoms with van der Waals surface area (Å²) in [6.07, 6.45) is 2.90. The fourth-order valence-electron chi connectivity index (χ4n) is 3.58. The van der Waals surface area contributed by atoms with Crippen molar-refractivity contribution < 1.29 is 38.8 Å². The molecule has 3 amide bonds. The lowest BCUT2D eigenvalue weighted by Gasteiger charge is -2.19. The zero-order valence-electron chi connectivity index (χ0n) is 21.4. The molecule has 38 heavy (non-hydrogen) atoms. The number of nitrogens with two attached hydrogens (primary N) is 1. The Balaban J connectivity index is 1.90. The van der Waals surface area contributed by atoms with Crippen LogP contribution in [0.1, 0.15) is 57.3 Å². The van der Waals surface area contributed by atoms with Gasteiger partial charge in [-0.15, -0.1) is 4.99 Å². The van der Waals surface area contributed by atoms with Crippen molar-refractivity contribution in [1.29, 1.82) is 0 Å². The number of rotatable bonds is 9. The lowest BCUT2D eigenvalue weighted by atomic mass is 10.1. The molecule has 0 atom stereocenters. The summed E-state index contributed by atoms with van der Waals surface area (Å²) < 4.78 is 9.45. The molecule has 13 heteroatoms. The van der Waals surface area contributed by atoms with Gasteiger partial charge in [0.1, 0.15) is 18.0 Å². The molecule has 0 saturated heterocycles. The van der Waals surface area contributed by atoms with E-state index in [1.165, 1.54) is 12.5 Å². The van der Waals surface area contributed by atoms with Gasteiger partial charge >= 0.3 is 12.1 Å². The fraction of sp³-hybridized carbons (Fsp3) is 0.360. The van der Waals surface area contributed by atoms with Gasteiger partial charge in [0.15, 0.2) is 6.34 Å². The second kappa shape index (κ2) is 12.6. The van der Waals surface area contributed by atoms with Crippen molar-refractivity contribution in [1.82, 2.24) is 15.2 Å². The zero-order valence-corrected chi connectivity index (χ0v) is 21.4. The number of H-pyrrole nitrogens is 1. The number of amidine groups is 1. The van der Waals surface area contributed by atoms with Crippen LogP contribution in [-0.2, 0) is 14.3 Å². The Morgan fingerprint density at radius 3 is 2.63 bits per heavy atom. The predicted molar refractivity (Wildman–Crippen MR) is 136 cm³/mol. The number of amides is 3. The highest BCUT2D eigenvalue weighted by Gasteiger charge is 2.40. The van der Waals surface area contributed by atoms with E-state index < -0.39 is 31.4 Å². The first-order valence-corrected chi connectivity index (χ1v) is 11.9. The predicted octanol–water partition coefficient (Wildman–Crippen LogP) is -0.239. The summed E-state index contributed by atoms with van der Waals surface area (Å²) in [6, 6.07) is 4.79. The van der Waals surface area contributed by atoms with Gasteiger partial charge in [0.25, 0.3) is 17.6 Å². The molecule has 0 spiro atoms. The van der Waals surface area contributed by atoms with Gasteiger partial charge in [-0.1, -0.05) is 6.07 Å². The first kappa shape index (κ1) is 28.1.